The Hall–Kier alpha value is -3.97. The molecule has 2 aromatic heterocycles. The number of aryl methyl sites for hydroxylation is 1. The van der Waals surface area contributed by atoms with Crippen LogP contribution in [-0.4, -0.2) is 71.0 Å². The van der Waals surface area contributed by atoms with Crippen LogP contribution in [-0.2, 0) is 24.8 Å². The third-order valence-electron chi connectivity index (χ3n) is 7.89. The molecular weight excluding hydrogens is 462 g/mol. The van der Waals surface area contributed by atoms with Gasteiger partial charge in [-0.1, -0.05) is 42.5 Å². The monoisotopic (exact) mass is 494 g/mol. The first-order valence-corrected chi connectivity index (χ1v) is 12.8. The number of piperazine rings is 1. The van der Waals surface area contributed by atoms with Gasteiger partial charge in [0.2, 0.25) is 5.91 Å². The van der Waals surface area contributed by atoms with Gasteiger partial charge in [0.1, 0.15) is 0 Å². The number of benzene rings is 2. The first-order chi connectivity index (χ1) is 17.8. The van der Waals surface area contributed by atoms with Crippen molar-refractivity contribution in [2.45, 2.75) is 13.0 Å². The van der Waals surface area contributed by atoms with Crippen LogP contribution in [0.5, 0.6) is 0 Å². The summed E-state index contributed by atoms with van der Waals surface area (Å²) in [5.41, 5.74) is 5.79. The van der Waals surface area contributed by atoms with E-state index in [0.29, 0.717) is 13.0 Å². The van der Waals surface area contributed by atoms with Gasteiger partial charge in [-0.2, -0.15) is 0 Å². The van der Waals surface area contributed by atoms with Crippen molar-refractivity contribution in [3.8, 4) is 0 Å². The summed E-state index contributed by atoms with van der Waals surface area (Å²) in [5.74, 6) is 0.194. The van der Waals surface area contributed by atoms with E-state index in [2.05, 4.69) is 41.1 Å². The van der Waals surface area contributed by atoms with Gasteiger partial charge in [0.05, 0.1) is 75.7 Å². The van der Waals surface area contributed by atoms with E-state index in [1.165, 1.54) is 0 Å². The summed E-state index contributed by atoms with van der Waals surface area (Å²) in [7, 11) is 6.46. The van der Waals surface area contributed by atoms with Crippen LogP contribution in [0.15, 0.2) is 48.7 Å². The standard InChI is InChI=1S/C30H31N5O2/c1-33-26-19-32-30(37)28(26)24-10-8-22-18-31-23(17-25(22)29(24)33)9-7-20-5-4-6-21(15-20)16-27(36)34-11-13-35(2,3)14-12-34/h4-10,15,17-18H,11-14,16,19H2,1-3H3/p+1. The molecule has 2 aliphatic rings. The number of carbonyl (C=O) groups excluding carboxylic acids is 2. The molecule has 2 aliphatic heterocycles. The molecule has 2 amide bonds. The Morgan fingerprint density at radius 3 is 2.70 bits per heavy atom. The maximum Gasteiger partial charge on any atom is 0.254 e. The van der Waals surface area contributed by atoms with Gasteiger partial charge >= 0.3 is 0 Å². The number of amides is 2. The molecule has 0 atom stereocenters. The van der Waals surface area contributed by atoms with Crippen molar-refractivity contribution in [3.05, 3.63) is 76.7 Å². The van der Waals surface area contributed by atoms with Crippen molar-refractivity contribution in [1.29, 1.82) is 0 Å². The van der Waals surface area contributed by atoms with Crippen LogP contribution < -0.4 is 5.32 Å². The number of aromatic nitrogens is 2. The number of carbonyl (C=O) groups is 2. The molecule has 1 saturated heterocycles. The number of pyridine rings is 1. The molecular formula is C30H32N5O2+. The van der Waals surface area contributed by atoms with Crippen molar-refractivity contribution < 1.29 is 14.1 Å². The molecule has 0 aliphatic carbocycles. The van der Waals surface area contributed by atoms with Gasteiger partial charge in [-0.15, -0.1) is 0 Å². The van der Waals surface area contributed by atoms with E-state index in [1.807, 2.05) is 60.6 Å². The average molecular weight is 495 g/mol. The second kappa shape index (κ2) is 8.85. The van der Waals surface area contributed by atoms with Gasteiger partial charge in [0, 0.05) is 29.4 Å². The summed E-state index contributed by atoms with van der Waals surface area (Å²) in [6.07, 6.45) is 6.36. The normalized spacial score (nSPS) is 17.1. The predicted octanol–water partition coefficient (Wildman–Crippen LogP) is 3.60. The highest BCUT2D eigenvalue weighted by Gasteiger charge is 2.28. The molecule has 6 rings (SSSR count). The topological polar surface area (TPSA) is 67.2 Å². The maximum absolute atomic E-state index is 12.9. The van der Waals surface area contributed by atoms with Crippen LogP contribution >= 0.6 is 0 Å². The van der Waals surface area contributed by atoms with E-state index in [-0.39, 0.29) is 11.8 Å². The SMILES string of the molecule is Cn1c2c(c3ccc4cnc(C=Cc5cccc(CC(=O)N6CC[N+](C)(C)CC6)c5)cc4c31)C(=O)NC2. The molecule has 1 fully saturated rings. The molecule has 7 heteroatoms. The number of hydrogen-bond acceptors (Lipinski definition) is 3. The molecule has 2 aromatic carbocycles. The van der Waals surface area contributed by atoms with E-state index >= 15 is 0 Å². The fourth-order valence-corrected chi connectivity index (χ4v) is 5.57. The number of likely N-dealkylation sites (N-methyl/N-ethyl adjacent to an activating group) is 1. The molecule has 0 radical (unpaired) electrons. The highest BCUT2D eigenvalue weighted by atomic mass is 16.2. The van der Waals surface area contributed by atoms with Gasteiger partial charge < -0.3 is 19.3 Å². The highest BCUT2D eigenvalue weighted by molar-refractivity contribution is 6.17. The number of nitrogens with one attached hydrogen (secondary N) is 1. The molecule has 0 unspecified atom stereocenters. The lowest BCUT2D eigenvalue weighted by Gasteiger charge is -2.39. The highest BCUT2D eigenvalue weighted by Crippen LogP contribution is 2.34. The van der Waals surface area contributed by atoms with Crippen molar-refractivity contribution >= 4 is 45.6 Å². The summed E-state index contributed by atoms with van der Waals surface area (Å²) >= 11 is 0. The van der Waals surface area contributed by atoms with Crippen molar-refractivity contribution in [1.82, 2.24) is 19.8 Å². The number of quaternary nitrogens is 1. The Labute approximate surface area is 216 Å². The molecule has 7 nitrogen and oxygen atoms in total. The minimum Gasteiger partial charge on any atom is -0.346 e. The Morgan fingerprint density at radius 1 is 1.08 bits per heavy atom. The van der Waals surface area contributed by atoms with E-state index in [1.54, 1.807) is 0 Å². The lowest BCUT2D eigenvalue weighted by Crippen LogP contribution is -2.56. The van der Waals surface area contributed by atoms with E-state index in [4.69, 9.17) is 0 Å². The minimum absolute atomic E-state index is 0.00391. The minimum atomic E-state index is -0.00391. The largest absolute Gasteiger partial charge is 0.346 e. The summed E-state index contributed by atoms with van der Waals surface area (Å²) < 4.78 is 3.10. The van der Waals surface area contributed by atoms with Crippen LogP contribution in [0.1, 0.15) is 32.9 Å². The number of nitrogens with zero attached hydrogens (tertiary/aromatic N) is 4. The average Bonchev–Trinajstić information content (AvgIpc) is 3.40. The zero-order valence-electron chi connectivity index (χ0n) is 21.6. The molecule has 188 valence electrons. The maximum atomic E-state index is 12.9. The molecule has 0 spiro atoms. The Kier molecular flexibility index (Phi) is 5.60. The van der Waals surface area contributed by atoms with Crippen LogP contribution in [0.4, 0.5) is 0 Å². The van der Waals surface area contributed by atoms with Crippen LogP contribution in [0.25, 0.3) is 33.8 Å². The smallest absolute Gasteiger partial charge is 0.254 e. The summed E-state index contributed by atoms with van der Waals surface area (Å²) in [6, 6.07) is 14.3. The van der Waals surface area contributed by atoms with Crippen molar-refractivity contribution in [2.75, 3.05) is 40.3 Å². The predicted molar refractivity (Wildman–Crippen MR) is 147 cm³/mol. The van der Waals surface area contributed by atoms with Crippen LogP contribution in [0.2, 0.25) is 0 Å². The van der Waals surface area contributed by atoms with Gasteiger partial charge in [-0.05, 0) is 23.3 Å². The summed E-state index contributed by atoms with van der Waals surface area (Å²) in [5, 5.41) is 6.04. The zero-order valence-corrected chi connectivity index (χ0v) is 21.6. The van der Waals surface area contributed by atoms with Crippen molar-refractivity contribution in [2.24, 2.45) is 7.05 Å². The Balaban J connectivity index is 1.24. The first-order valence-electron chi connectivity index (χ1n) is 12.8. The summed E-state index contributed by atoms with van der Waals surface area (Å²) in [4.78, 5) is 31.9. The molecule has 4 heterocycles. The van der Waals surface area contributed by atoms with Gasteiger partial charge in [-0.3, -0.25) is 14.6 Å². The molecule has 4 aromatic rings. The van der Waals surface area contributed by atoms with Gasteiger partial charge in [-0.25, -0.2) is 0 Å². The van der Waals surface area contributed by atoms with E-state index < -0.39 is 0 Å². The molecule has 0 bridgehead atoms. The third kappa shape index (κ3) is 4.29. The molecule has 1 N–H and O–H groups in total. The van der Waals surface area contributed by atoms with E-state index in [9.17, 15) is 9.59 Å². The fourth-order valence-electron chi connectivity index (χ4n) is 5.57. The lowest BCUT2D eigenvalue weighted by atomic mass is 10.0. The molecule has 37 heavy (non-hydrogen) atoms. The van der Waals surface area contributed by atoms with Gasteiger partial charge in [0.25, 0.3) is 5.91 Å². The quantitative estimate of drug-likeness (QED) is 0.441. The number of rotatable bonds is 4. The van der Waals surface area contributed by atoms with Crippen LogP contribution in [0, 0.1) is 0 Å². The van der Waals surface area contributed by atoms with Crippen molar-refractivity contribution in [3.63, 3.8) is 0 Å². The second-order valence-electron chi connectivity index (χ2n) is 10.9. The second-order valence-corrected chi connectivity index (χ2v) is 10.9. The van der Waals surface area contributed by atoms with Gasteiger partial charge in [0.15, 0.2) is 0 Å². The summed E-state index contributed by atoms with van der Waals surface area (Å²) in [6.45, 7) is 4.20. The first kappa shape index (κ1) is 23.4. The third-order valence-corrected chi connectivity index (χ3v) is 7.89. The fraction of sp³-hybridized carbons (Fsp3) is 0.300. The lowest BCUT2D eigenvalue weighted by molar-refractivity contribution is -0.894. The van der Waals surface area contributed by atoms with Crippen LogP contribution in [0.3, 0.4) is 0 Å². The number of fused-ring (bicyclic) bond motifs is 5. The Bertz CT molecular complexity index is 1590. The number of hydrogen-bond donors (Lipinski definition) is 1. The Morgan fingerprint density at radius 2 is 1.89 bits per heavy atom. The molecule has 0 saturated carbocycles. The zero-order chi connectivity index (χ0) is 25.7. The van der Waals surface area contributed by atoms with E-state index in [0.717, 1.165) is 80.4 Å².